The molecule has 1 N–H and O–H groups in total. The smallest absolute Gasteiger partial charge is 0.352 e. The van der Waals surface area contributed by atoms with Crippen LogP contribution in [0.4, 0.5) is 26.3 Å². The molecule has 40 heavy (non-hydrogen) atoms. The topological polar surface area (TPSA) is 66.7 Å². The number of pyridine rings is 1. The van der Waals surface area contributed by atoms with E-state index in [-0.39, 0.29) is 31.0 Å². The summed E-state index contributed by atoms with van der Waals surface area (Å²) >= 11 is 1.36. The van der Waals surface area contributed by atoms with Gasteiger partial charge in [0.05, 0.1) is 38.5 Å². The molecule has 0 bridgehead atoms. The van der Waals surface area contributed by atoms with Gasteiger partial charge in [-0.3, -0.25) is 14.0 Å². The predicted octanol–water partition coefficient (Wildman–Crippen LogP) is 6.27. The van der Waals surface area contributed by atoms with Gasteiger partial charge in [-0.2, -0.15) is 26.3 Å². The van der Waals surface area contributed by atoms with Crippen molar-refractivity contribution in [2.24, 2.45) is 5.92 Å². The maximum absolute atomic E-state index is 13.5. The minimum Gasteiger partial charge on any atom is -0.352 e. The lowest BCUT2D eigenvalue weighted by molar-refractivity contribution is -0.143. The Morgan fingerprint density at radius 3 is 2.48 bits per heavy atom. The molecule has 5 rings (SSSR count). The maximum Gasteiger partial charge on any atom is 0.417 e. The van der Waals surface area contributed by atoms with Crippen molar-refractivity contribution in [3.8, 4) is 0 Å². The van der Waals surface area contributed by atoms with Crippen LogP contribution in [0.3, 0.4) is 0 Å². The molecule has 2 aliphatic rings. The van der Waals surface area contributed by atoms with Gasteiger partial charge in [0.1, 0.15) is 5.65 Å². The van der Waals surface area contributed by atoms with E-state index in [9.17, 15) is 35.9 Å². The van der Waals surface area contributed by atoms with Gasteiger partial charge in [0.25, 0.3) is 11.8 Å². The van der Waals surface area contributed by atoms with Gasteiger partial charge in [-0.25, -0.2) is 4.98 Å². The zero-order valence-electron chi connectivity index (χ0n) is 21.0. The first-order chi connectivity index (χ1) is 18.9. The molecule has 212 valence electrons. The summed E-state index contributed by atoms with van der Waals surface area (Å²) in [5.41, 5.74) is -2.18. The van der Waals surface area contributed by atoms with Crippen molar-refractivity contribution in [1.82, 2.24) is 19.6 Å². The van der Waals surface area contributed by atoms with Crippen molar-refractivity contribution in [2.75, 3.05) is 19.6 Å². The fourth-order valence-electron chi connectivity index (χ4n) is 5.02. The fraction of sp³-hybridized carbons (Fsp3) is 0.370. The Morgan fingerprint density at radius 1 is 1.02 bits per heavy atom. The molecule has 4 heterocycles. The Hall–Kier alpha value is -3.48. The molecule has 1 saturated heterocycles. The molecule has 0 aliphatic carbocycles. The molecule has 1 aromatic carbocycles. The van der Waals surface area contributed by atoms with E-state index in [2.05, 4.69) is 10.3 Å². The molecule has 2 aromatic heterocycles. The van der Waals surface area contributed by atoms with E-state index in [1.165, 1.54) is 16.7 Å². The molecule has 3 aromatic rings. The van der Waals surface area contributed by atoms with Crippen LogP contribution in [-0.2, 0) is 17.1 Å². The van der Waals surface area contributed by atoms with Gasteiger partial charge in [0.2, 0.25) is 0 Å². The van der Waals surface area contributed by atoms with Crippen molar-refractivity contribution in [1.29, 1.82) is 0 Å². The molecule has 0 spiro atoms. The van der Waals surface area contributed by atoms with Gasteiger partial charge >= 0.3 is 12.4 Å². The Balaban J connectivity index is 1.10. The Morgan fingerprint density at radius 2 is 1.77 bits per heavy atom. The number of nitrogens with one attached hydrogen (secondary N) is 1. The number of aromatic nitrogens is 2. The summed E-state index contributed by atoms with van der Waals surface area (Å²) in [5.74, 6) is -0.903. The first-order valence-electron chi connectivity index (χ1n) is 12.6. The van der Waals surface area contributed by atoms with Crippen molar-refractivity contribution >= 4 is 35.3 Å². The molecule has 6 nitrogen and oxygen atoms in total. The minimum absolute atomic E-state index is 0.00891. The van der Waals surface area contributed by atoms with E-state index in [0.717, 1.165) is 22.8 Å². The first kappa shape index (κ1) is 28.1. The van der Waals surface area contributed by atoms with Crippen LogP contribution in [0.1, 0.15) is 52.9 Å². The number of carbonyl (C=O) groups excluding carboxylic acids is 2. The molecule has 2 aliphatic heterocycles. The second kappa shape index (κ2) is 10.8. The van der Waals surface area contributed by atoms with Gasteiger partial charge in [-0.15, -0.1) is 0 Å². The molecule has 0 unspecified atom stereocenters. The van der Waals surface area contributed by atoms with Crippen molar-refractivity contribution in [3.05, 3.63) is 69.9 Å². The number of carbonyl (C=O) groups is 2. The summed E-state index contributed by atoms with van der Waals surface area (Å²) in [6.45, 7) is 0.855. The fourth-order valence-corrected chi connectivity index (χ4v) is 6.02. The summed E-state index contributed by atoms with van der Waals surface area (Å²) in [7, 11) is 0. The molecule has 2 amide bonds. The highest BCUT2D eigenvalue weighted by Crippen LogP contribution is 2.38. The third kappa shape index (κ3) is 5.84. The summed E-state index contributed by atoms with van der Waals surface area (Å²) in [6.07, 6.45) is -4.00. The lowest BCUT2D eigenvalue weighted by atomic mass is 9.91. The second-order valence-corrected chi connectivity index (χ2v) is 10.8. The van der Waals surface area contributed by atoms with E-state index in [1.807, 2.05) is 22.6 Å². The number of hydrogen-bond acceptors (Lipinski definition) is 4. The third-order valence-corrected chi connectivity index (χ3v) is 8.15. The van der Waals surface area contributed by atoms with Crippen LogP contribution in [0.2, 0.25) is 0 Å². The Bertz CT molecular complexity index is 1470. The quantitative estimate of drug-likeness (QED) is 0.275. The van der Waals surface area contributed by atoms with Gasteiger partial charge < -0.3 is 10.2 Å². The number of likely N-dealkylation sites (tertiary alicyclic amines) is 1. The monoisotopic (exact) mass is 582 g/mol. The Kier molecular flexibility index (Phi) is 7.60. The van der Waals surface area contributed by atoms with E-state index >= 15 is 0 Å². The number of nitrogens with zero attached hydrogens (tertiary/aromatic N) is 3. The zero-order valence-corrected chi connectivity index (χ0v) is 21.8. The van der Waals surface area contributed by atoms with Gasteiger partial charge in [-0.05, 0) is 68.0 Å². The highest BCUT2D eigenvalue weighted by Gasteiger charge is 2.40. The molecule has 1 fully saturated rings. The summed E-state index contributed by atoms with van der Waals surface area (Å²) in [4.78, 5) is 31.7. The van der Waals surface area contributed by atoms with Crippen molar-refractivity contribution in [2.45, 2.75) is 43.1 Å². The van der Waals surface area contributed by atoms with E-state index in [1.54, 1.807) is 12.3 Å². The third-order valence-electron chi connectivity index (χ3n) is 7.10. The number of thioether (sulfide) groups is 1. The number of rotatable bonds is 6. The lowest BCUT2D eigenvalue weighted by Gasteiger charge is -2.32. The predicted molar refractivity (Wildman–Crippen MR) is 136 cm³/mol. The number of amides is 2. The highest BCUT2D eigenvalue weighted by atomic mass is 32.2. The summed E-state index contributed by atoms with van der Waals surface area (Å²) in [5, 5.41) is 3.82. The molecule has 0 atom stereocenters. The summed E-state index contributed by atoms with van der Waals surface area (Å²) in [6, 6.07) is 6.79. The molecular formula is C27H24F6N4O2S. The van der Waals surface area contributed by atoms with Crippen LogP contribution in [0.25, 0.3) is 11.7 Å². The first-order valence-corrected chi connectivity index (χ1v) is 13.5. The molecule has 13 heteroatoms. The van der Waals surface area contributed by atoms with Crippen LogP contribution in [-0.4, -0.2) is 45.7 Å². The number of hydrogen-bond donors (Lipinski definition) is 1. The van der Waals surface area contributed by atoms with Gasteiger partial charge in [0.15, 0.2) is 0 Å². The summed E-state index contributed by atoms with van der Waals surface area (Å²) < 4.78 is 81.2. The number of halogens is 6. The average molecular weight is 583 g/mol. The van der Waals surface area contributed by atoms with E-state index in [4.69, 9.17) is 0 Å². The van der Waals surface area contributed by atoms with Crippen LogP contribution in [0.5, 0.6) is 0 Å². The Labute approximate surface area is 229 Å². The van der Waals surface area contributed by atoms with E-state index < -0.39 is 35.0 Å². The number of imidazole rings is 1. The van der Waals surface area contributed by atoms with Crippen LogP contribution in [0, 0.1) is 5.92 Å². The van der Waals surface area contributed by atoms with Gasteiger partial charge in [-0.1, -0.05) is 17.8 Å². The number of benzene rings is 1. The second-order valence-electron chi connectivity index (χ2n) is 9.74. The average Bonchev–Trinajstić information content (AvgIpc) is 3.34. The molecular weight excluding hydrogens is 558 g/mol. The lowest BCUT2D eigenvalue weighted by Crippen LogP contribution is -2.39. The van der Waals surface area contributed by atoms with Crippen molar-refractivity contribution < 1.29 is 35.9 Å². The highest BCUT2D eigenvalue weighted by molar-refractivity contribution is 8.04. The van der Waals surface area contributed by atoms with Gasteiger partial charge in [0, 0.05) is 19.6 Å². The van der Waals surface area contributed by atoms with Crippen LogP contribution < -0.4 is 5.32 Å². The maximum atomic E-state index is 13.5. The largest absolute Gasteiger partial charge is 0.417 e. The SMILES string of the molecule is O=C(NCCCC1CCN(C(=O)c2ccc(C(F)(F)F)cc2C(F)(F)F)CC1)C1=Cc2cnc3cccc(n23)S1. The molecule has 0 saturated carbocycles. The standard InChI is InChI=1S/C27H24F6N4O2S/c28-26(29,30)17-6-7-19(20(13-17)27(31,32)33)25(39)36-11-8-16(9-12-36)3-2-10-34-24(38)21-14-18-15-35-22-4-1-5-23(40-21)37(18)22/h1,4-7,13-16H,2-3,8-12H2,(H,34,38). The number of alkyl halides is 6. The zero-order chi connectivity index (χ0) is 28.7. The normalized spacial score (nSPS) is 16.2. The van der Waals surface area contributed by atoms with Crippen LogP contribution in [0.15, 0.2) is 52.5 Å². The van der Waals surface area contributed by atoms with Crippen molar-refractivity contribution in [3.63, 3.8) is 0 Å². The number of piperidine rings is 1. The molecule has 0 radical (unpaired) electrons. The van der Waals surface area contributed by atoms with Crippen LogP contribution >= 0.6 is 11.8 Å². The minimum atomic E-state index is -5.10. The van der Waals surface area contributed by atoms with E-state index in [0.29, 0.717) is 42.8 Å².